The zero-order valence-electron chi connectivity index (χ0n) is 13.0. The zero-order chi connectivity index (χ0) is 18.7. The minimum absolute atomic E-state index is 0.152. The van der Waals surface area contributed by atoms with Crippen molar-refractivity contribution in [2.75, 3.05) is 11.8 Å². The minimum atomic E-state index is -4.13. The molecule has 0 fully saturated rings. The fourth-order valence-electron chi connectivity index (χ4n) is 1.98. The molecule has 0 unspecified atom stereocenters. The molecule has 2 aromatic rings. The Morgan fingerprint density at radius 2 is 1.80 bits per heavy atom. The number of nitrogens with one attached hydrogen (secondary N) is 1. The van der Waals surface area contributed by atoms with E-state index in [4.69, 9.17) is 21.5 Å². The van der Waals surface area contributed by atoms with E-state index in [-0.39, 0.29) is 15.6 Å². The van der Waals surface area contributed by atoms with Crippen LogP contribution in [0.3, 0.4) is 0 Å². The molecular formula is C15H15ClN2O5S2. The third-order valence-electron chi connectivity index (χ3n) is 3.07. The summed E-state index contributed by atoms with van der Waals surface area (Å²) >= 11 is 5.80. The van der Waals surface area contributed by atoms with Crippen LogP contribution >= 0.6 is 11.6 Å². The minimum Gasteiger partial charge on any atom is -0.496 e. The Morgan fingerprint density at radius 1 is 1.12 bits per heavy atom. The number of methoxy groups -OCH3 is 1. The number of benzene rings is 2. The second-order valence-corrected chi connectivity index (χ2v) is 8.41. The van der Waals surface area contributed by atoms with Crippen LogP contribution in [0.5, 0.6) is 5.75 Å². The summed E-state index contributed by atoms with van der Waals surface area (Å²) in [4.78, 5) is -0.383. The average Bonchev–Trinajstić information content (AvgIpc) is 2.51. The van der Waals surface area contributed by atoms with Gasteiger partial charge in [-0.3, -0.25) is 4.72 Å². The van der Waals surface area contributed by atoms with Crippen LogP contribution in [-0.4, -0.2) is 23.9 Å². The Kier molecular flexibility index (Phi) is 5.73. The molecule has 0 aliphatic rings. The first-order valence-electron chi connectivity index (χ1n) is 6.79. The van der Waals surface area contributed by atoms with E-state index < -0.39 is 20.0 Å². The molecular weight excluding hydrogens is 388 g/mol. The summed E-state index contributed by atoms with van der Waals surface area (Å²) in [6.45, 7) is 0. The first-order chi connectivity index (χ1) is 11.6. The maximum absolute atomic E-state index is 12.2. The summed E-state index contributed by atoms with van der Waals surface area (Å²) in [5.74, 6) is 0.488. The Bertz CT molecular complexity index is 1020. The molecule has 0 amide bonds. The molecule has 3 N–H and O–H groups in total. The van der Waals surface area contributed by atoms with Crippen LogP contribution < -0.4 is 14.6 Å². The lowest BCUT2D eigenvalue weighted by molar-refractivity contribution is 0.414. The van der Waals surface area contributed by atoms with Crippen molar-refractivity contribution in [3.63, 3.8) is 0 Å². The summed E-state index contributed by atoms with van der Waals surface area (Å²) in [6, 6.07) is 10.4. The third kappa shape index (κ3) is 5.20. The smallest absolute Gasteiger partial charge is 0.255 e. The van der Waals surface area contributed by atoms with E-state index >= 15 is 0 Å². The monoisotopic (exact) mass is 402 g/mol. The fourth-order valence-corrected chi connectivity index (χ4v) is 3.76. The molecule has 2 aromatic carbocycles. The highest BCUT2D eigenvalue weighted by molar-refractivity contribution is 7.95. The standard InChI is InChI=1S/C15H15ClN2O5S2/c1-23-14-5-3-2-4-11(14)8-9-24(19,20)18-13-10-12(16)6-7-15(13)25(17,21)22/h2-10,18H,1H3,(H2,17,21,22). The van der Waals surface area contributed by atoms with Gasteiger partial charge in [-0.05, 0) is 30.3 Å². The van der Waals surface area contributed by atoms with Gasteiger partial charge in [-0.25, -0.2) is 22.0 Å². The van der Waals surface area contributed by atoms with E-state index in [0.29, 0.717) is 11.3 Å². The van der Waals surface area contributed by atoms with Gasteiger partial charge in [-0.2, -0.15) is 0 Å². The topological polar surface area (TPSA) is 116 Å². The molecule has 0 bridgehead atoms. The average molecular weight is 403 g/mol. The van der Waals surface area contributed by atoms with Crippen molar-refractivity contribution >= 4 is 43.4 Å². The number of sulfonamides is 2. The van der Waals surface area contributed by atoms with Gasteiger partial charge in [0.2, 0.25) is 10.0 Å². The number of nitrogens with two attached hydrogens (primary N) is 1. The molecule has 0 spiro atoms. The first-order valence-corrected chi connectivity index (χ1v) is 10.3. The quantitative estimate of drug-likeness (QED) is 0.769. The van der Waals surface area contributed by atoms with E-state index in [1.165, 1.54) is 19.3 Å². The molecule has 0 saturated carbocycles. The number of halogens is 1. The number of hydrogen-bond donors (Lipinski definition) is 2. The van der Waals surface area contributed by atoms with E-state index in [1.807, 2.05) is 0 Å². The molecule has 2 rings (SSSR count). The van der Waals surface area contributed by atoms with Crippen LogP contribution in [0.1, 0.15) is 5.56 Å². The number of anilines is 1. The van der Waals surface area contributed by atoms with Crippen LogP contribution in [-0.2, 0) is 20.0 Å². The van der Waals surface area contributed by atoms with Gasteiger partial charge < -0.3 is 4.74 Å². The van der Waals surface area contributed by atoms with Crippen molar-refractivity contribution in [1.29, 1.82) is 0 Å². The van der Waals surface area contributed by atoms with E-state index in [9.17, 15) is 16.8 Å². The van der Waals surface area contributed by atoms with Crippen LogP contribution in [0.15, 0.2) is 52.8 Å². The molecule has 10 heteroatoms. The predicted octanol–water partition coefficient (Wildman–Crippen LogP) is 2.41. The van der Waals surface area contributed by atoms with Crippen molar-refractivity contribution in [1.82, 2.24) is 0 Å². The summed E-state index contributed by atoms with van der Waals surface area (Å²) < 4.78 is 54.9. The molecule has 0 aliphatic carbocycles. The second kappa shape index (κ2) is 7.44. The summed E-state index contributed by atoms with van der Waals surface area (Å²) in [5, 5.41) is 6.13. The van der Waals surface area contributed by atoms with Crippen LogP contribution in [0, 0.1) is 0 Å². The van der Waals surface area contributed by atoms with Crippen molar-refractivity contribution in [2.45, 2.75) is 4.90 Å². The molecule has 7 nitrogen and oxygen atoms in total. The van der Waals surface area contributed by atoms with Crippen LogP contribution in [0.25, 0.3) is 6.08 Å². The van der Waals surface area contributed by atoms with Crippen molar-refractivity contribution in [2.24, 2.45) is 5.14 Å². The van der Waals surface area contributed by atoms with Gasteiger partial charge in [0.1, 0.15) is 10.6 Å². The molecule has 0 atom stereocenters. The Balaban J connectivity index is 2.37. The Labute approximate surface area is 151 Å². The lowest BCUT2D eigenvalue weighted by Gasteiger charge is -2.10. The highest BCUT2D eigenvalue weighted by Crippen LogP contribution is 2.26. The highest BCUT2D eigenvalue weighted by Gasteiger charge is 2.18. The molecule has 0 saturated heterocycles. The van der Waals surface area contributed by atoms with Gasteiger partial charge in [-0.1, -0.05) is 29.8 Å². The number of primary sulfonamides is 1. The van der Waals surface area contributed by atoms with Crippen LogP contribution in [0.4, 0.5) is 5.69 Å². The highest BCUT2D eigenvalue weighted by atomic mass is 35.5. The van der Waals surface area contributed by atoms with E-state index in [1.54, 1.807) is 24.3 Å². The lowest BCUT2D eigenvalue weighted by atomic mass is 10.2. The summed E-state index contributed by atoms with van der Waals surface area (Å²) in [6.07, 6.45) is 1.32. The largest absolute Gasteiger partial charge is 0.496 e. The van der Waals surface area contributed by atoms with Crippen molar-refractivity contribution in [3.8, 4) is 5.75 Å². The van der Waals surface area contributed by atoms with Gasteiger partial charge in [0.05, 0.1) is 18.2 Å². The van der Waals surface area contributed by atoms with Crippen molar-refractivity contribution in [3.05, 3.63) is 58.5 Å². The van der Waals surface area contributed by atoms with Gasteiger partial charge in [0, 0.05) is 10.6 Å². The number of rotatable bonds is 6. The number of para-hydroxylation sites is 1. The molecule has 134 valence electrons. The lowest BCUT2D eigenvalue weighted by Crippen LogP contribution is -2.17. The van der Waals surface area contributed by atoms with Gasteiger partial charge >= 0.3 is 0 Å². The molecule has 0 aromatic heterocycles. The number of hydrogen-bond acceptors (Lipinski definition) is 5. The van der Waals surface area contributed by atoms with Crippen LogP contribution in [0.2, 0.25) is 5.02 Å². The van der Waals surface area contributed by atoms with E-state index in [0.717, 1.165) is 17.5 Å². The Morgan fingerprint density at radius 3 is 2.44 bits per heavy atom. The molecule has 25 heavy (non-hydrogen) atoms. The maximum atomic E-state index is 12.2. The zero-order valence-corrected chi connectivity index (χ0v) is 15.4. The summed E-state index contributed by atoms with van der Waals surface area (Å²) in [5.41, 5.74) is 0.299. The van der Waals surface area contributed by atoms with E-state index in [2.05, 4.69) is 4.72 Å². The Hall–Kier alpha value is -2.07. The predicted molar refractivity (Wildman–Crippen MR) is 97.4 cm³/mol. The van der Waals surface area contributed by atoms with Crippen molar-refractivity contribution < 1.29 is 21.6 Å². The molecule has 0 aliphatic heterocycles. The molecule has 0 heterocycles. The first kappa shape index (κ1) is 19.3. The van der Waals surface area contributed by atoms with Gasteiger partial charge in [-0.15, -0.1) is 0 Å². The maximum Gasteiger partial charge on any atom is 0.255 e. The normalized spacial score (nSPS) is 12.3. The summed E-state index contributed by atoms with van der Waals surface area (Å²) in [7, 11) is -6.69. The number of ether oxygens (including phenoxy) is 1. The molecule has 0 radical (unpaired) electrons. The fraction of sp³-hybridized carbons (Fsp3) is 0.0667. The van der Waals surface area contributed by atoms with Gasteiger partial charge in [0.25, 0.3) is 10.0 Å². The SMILES string of the molecule is COc1ccccc1C=CS(=O)(=O)Nc1cc(Cl)ccc1S(N)(=O)=O. The van der Waals surface area contributed by atoms with Gasteiger partial charge in [0.15, 0.2) is 0 Å². The second-order valence-electron chi connectivity index (χ2n) is 4.88. The third-order valence-corrected chi connectivity index (χ3v) is 5.27.